The number of halogens is 2. The fourth-order valence-electron chi connectivity index (χ4n) is 2.50. The van der Waals surface area contributed by atoms with Crippen molar-refractivity contribution in [3.63, 3.8) is 0 Å². The second-order valence-electron chi connectivity index (χ2n) is 4.62. The van der Waals surface area contributed by atoms with E-state index in [1.54, 1.807) is 0 Å². The molecule has 0 aromatic carbocycles. The van der Waals surface area contributed by atoms with Crippen LogP contribution < -0.4 is 5.32 Å². The van der Waals surface area contributed by atoms with Crippen molar-refractivity contribution in [2.45, 2.75) is 23.6 Å². The van der Waals surface area contributed by atoms with Crippen molar-refractivity contribution in [2.24, 2.45) is 0 Å². The molecule has 22 heavy (non-hydrogen) atoms. The van der Waals surface area contributed by atoms with Crippen molar-refractivity contribution in [2.75, 3.05) is 14.2 Å². The largest absolute Gasteiger partial charge is 0.375 e. The van der Waals surface area contributed by atoms with Crippen LogP contribution in [-0.2, 0) is 20.8 Å². The Kier molecular flexibility index (Phi) is 4.91. The van der Waals surface area contributed by atoms with Crippen molar-refractivity contribution < 1.29 is 14.3 Å². The Labute approximate surface area is 137 Å². The molecular weight excluding hydrogens is 331 g/mol. The third kappa shape index (κ3) is 2.34. The molecule has 2 N–H and O–H groups in total. The summed E-state index contributed by atoms with van der Waals surface area (Å²) in [5.41, 5.74) is 0.248. The molecule has 1 aliphatic carbocycles. The number of ketones is 1. The molecule has 1 heterocycles. The zero-order chi connectivity index (χ0) is 16.4. The molecule has 0 saturated heterocycles. The summed E-state index contributed by atoms with van der Waals surface area (Å²) >= 11 is 12.7. The van der Waals surface area contributed by atoms with Crippen LogP contribution in [-0.4, -0.2) is 45.8 Å². The molecule has 9 heteroatoms. The van der Waals surface area contributed by atoms with Crippen molar-refractivity contribution in [3.8, 4) is 0 Å². The zero-order valence-corrected chi connectivity index (χ0v) is 13.7. The quantitative estimate of drug-likeness (QED) is 0.441. The van der Waals surface area contributed by atoms with Crippen LogP contribution in [0.25, 0.3) is 0 Å². The van der Waals surface area contributed by atoms with E-state index >= 15 is 0 Å². The maximum Gasteiger partial charge on any atom is 0.238 e. The lowest BCUT2D eigenvalue weighted by atomic mass is 9.93. The van der Waals surface area contributed by atoms with Gasteiger partial charge in [-0.05, 0) is 6.42 Å². The second kappa shape index (κ2) is 6.37. The molecule has 1 unspecified atom stereocenters. The lowest BCUT2D eigenvalue weighted by Gasteiger charge is -2.39. The Morgan fingerprint density at radius 1 is 1.50 bits per heavy atom. The van der Waals surface area contributed by atoms with E-state index in [1.807, 2.05) is 0 Å². The number of allylic oxidation sites excluding steroid dienone is 2. The summed E-state index contributed by atoms with van der Waals surface area (Å²) in [4.78, 5) is 15.0. The fourth-order valence-corrected chi connectivity index (χ4v) is 3.35. The second-order valence-corrected chi connectivity index (χ2v) is 5.65. The molecule has 0 amide bonds. The van der Waals surface area contributed by atoms with E-state index in [0.29, 0.717) is 5.82 Å². The third-order valence-corrected chi connectivity index (χ3v) is 4.46. The number of carbonyl (C=O) groups is 1. The molecule has 0 bridgehead atoms. The summed E-state index contributed by atoms with van der Waals surface area (Å²) in [6, 6.07) is 0. The highest BCUT2D eigenvalue weighted by atomic mass is 35.5. The van der Waals surface area contributed by atoms with Crippen LogP contribution in [0.5, 0.6) is 0 Å². The highest BCUT2D eigenvalue weighted by Gasteiger charge is 2.65. The van der Waals surface area contributed by atoms with E-state index in [4.69, 9.17) is 32.7 Å². The van der Waals surface area contributed by atoms with Crippen molar-refractivity contribution >= 4 is 29.0 Å². The van der Waals surface area contributed by atoms with E-state index in [1.165, 1.54) is 26.6 Å². The van der Waals surface area contributed by atoms with Gasteiger partial charge in [-0.3, -0.25) is 9.89 Å². The van der Waals surface area contributed by atoms with Crippen molar-refractivity contribution in [3.05, 3.63) is 35.5 Å². The van der Waals surface area contributed by atoms with E-state index in [-0.39, 0.29) is 23.7 Å². The molecule has 1 aliphatic rings. The first-order valence-corrected chi connectivity index (χ1v) is 7.15. The van der Waals surface area contributed by atoms with E-state index < -0.39 is 16.4 Å². The molecule has 0 aliphatic heterocycles. The first-order valence-electron chi connectivity index (χ1n) is 6.40. The number of ether oxygens (including phenoxy) is 2. The number of alkyl halides is 1. The topological polar surface area (TPSA) is 89.1 Å². The third-order valence-electron chi connectivity index (χ3n) is 3.53. The number of hydrogen-bond acceptors (Lipinski definition) is 6. The Hall–Kier alpha value is -1.41. The molecule has 1 aromatic rings. The van der Waals surface area contributed by atoms with Gasteiger partial charge in [0.05, 0.1) is 12.2 Å². The summed E-state index contributed by atoms with van der Waals surface area (Å²) in [6.45, 7) is 3.87. The number of nitrogens with one attached hydrogen (secondary N) is 2. The fraction of sp³-hybridized carbons (Fsp3) is 0.462. The SMILES string of the molecule is C=CCC1(Cl)C(=O)C(Cl)=C(NCc2ncn[nH]2)C1(OC)OC. The Bertz CT molecular complexity index is 598. The monoisotopic (exact) mass is 346 g/mol. The standard InChI is InChI=1S/C13H16Cl2N4O3/c1-4-5-12(15)11(20)9(14)10(13(12,21-2)22-3)16-6-8-17-7-18-19-8/h4,7,16H,1,5-6H2,2-3H3,(H,17,18,19). The number of carbonyl (C=O) groups excluding carboxylic acids is 1. The maximum atomic E-state index is 12.5. The number of H-pyrrole nitrogens is 1. The first-order chi connectivity index (χ1) is 10.5. The Balaban J connectivity index is 2.40. The average Bonchev–Trinajstić information content (AvgIpc) is 3.07. The van der Waals surface area contributed by atoms with Gasteiger partial charge in [0.25, 0.3) is 0 Å². The lowest BCUT2D eigenvalue weighted by Crippen LogP contribution is -2.56. The van der Waals surface area contributed by atoms with Crippen LogP contribution in [0.1, 0.15) is 12.2 Å². The first kappa shape index (κ1) is 17.0. The van der Waals surface area contributed by atoms with Gasteiger partial charge in [0.2, 0.25) is 11.6 Å². The molecule has 0 saturated carbocycles. The van der Waals surface area contributed by atoms with E-state index in [9.17, 15) is 4.79 Å². The predicted octanol–water partition coefficient (Wildman–Crippen LogP) is 1.47. The Morgan fingerprint density at radius 2 is 2.18 bits per heavy atom. The van der Waals surface area contributed by atoms with Crippen LogP contribution in [0.2, 0.25) is 0 Å². The number of aromatic amines is 1. The molecule has 0 radical (unpaired) electrons. The minimum Gasteiger partial charge on any atom is -0.375 e. The molecule has 120 valence electrons. The van der Waals surface area contributed by atoms with Gasteiger partial charge in [0, 0.05) is 14.2 Å². The molecule has 0 spiro atoms. The predicted molar refractivity (Wildman–Crippen MR) is 81.3 cm³/mol. The summed E-state index contributed by atoms with van der Waals surface area (Å²) < 4.78 is 10.9. The highest BCUT2D eigenvalue weighted by Crippen LogP contribution is 2.50. The minimum atomic E-state index is -1.54. The van der Waals surface area contributed by atoms with Crippen molar-refractivity contribution in [1.29, 1.82) is 0 Å². The number of methoxy groups -OCH3 is 2. The zero-order valence-electron chi connectivity index (χ0n) is 12.2. The number of nitrogens with zero attached hydrogens (tertiary/aromatic N) is 2. The van der Waals surface area contributed by atoms with Gasteiger partial charge >= 0.3 is 0 Å². The molecule has 1 atom stereocenters. The molecule has 0 fully saturated rings. The van der Waals surface area contributed by atoms with Gasteiger partial charge < -0.3 is 14.8 Å². The van der Waals surface area contributed by atoms with Gasteiger partial charge in [-0.25, -0.2) is 4.98 Å². The number of hydrogen-bond donors (Lipinski definition) is 2. The normalized spacial score (nSPS) is 23.9. The summed E-state index contributed by atoms with van der Waals surface area (Å²) in [6.07, 6.45) is 3.01. The van der Waals surface area contributed by atoms with Crippen LogP contribution in [0.3, 0.4) is 0 Å². The van der Waals surface area contributed by atoms with E-state index in [2.05, 4.69) is 27.1 Å². The highest BCUT2D eigenvalue weighted by molar-refractivity contribution is 6.53. The van der Waals surface area contributed by atoms with Gasteiger partial charge in [-0.1, -0.05) is 17.7 Å². The maximum absolute atomic E-state index is 12.5. The molecular formula is C13H16Cl2N4O3. The number of Topliss-reactive ketones (excluding diaryl/α,β-unsaturated/α-hetero) is 1. The van der Waals surface area contributed by atoms with Gasteiger partial charge in [0.15, 0.2) is 4.87 Å². The van der Waals surface area contributed by atoms with Gasteiger partial charge in [0.1, 0.15) is 17.2 Å². The van der Waals surface area contributed by atoms with Crippen LogP contribution in [0, 0.1) is 0 Å². The number of rotatable bonds is 7. The smallest absolute Gasteiger partial charge is 0.238 e. The van der Waals surface area contributed by atoms with Gasteiger partial charge in [-0.15, -0.1) is 18.2 Å². The molecule has 1 aromatic heterocycles. The lowest BCUT2D eigenvalue weighted by molar-refractivity contribution is -0.199. The average molecular weight is 347 g/mol. The summed E-state index contributed by atoms with van der Waals surface area (Å²) in [7, 11) is 2.78. The molecule has 2 rings (SSSR count). The Morgan fingerprint density at radius 3 is 2.68 bits per heavy atom. The summed E-state index contributed by atoms with van der Waals surface area (Å²) in [5, 5.41) is 9.36. The minimum absolute atomic E-state index is 0.0694. The molecule has 7 nitrogen and oxygen atoms in total. The van der Waals surface area contributed by atoms with Crippen LogP contribution >= 0.6 is 23.2 Å². The van der Waals surface area contributed by atoms with Crippen LogP contribution in [0.15, 0.2) is 29.7 Å². The number of aromatic nitrogens is 3. The van der Waals surface area contributed by atoms with Crippen LogP contribution in [0.4, 0.5) is 0 Å². The van der Waals surface area contributed by atoms with E-state index in [0.717, 1.165) is 0 Å². The summed E-state index contributed by atoms with van der Waals surface area (Å²) in [5.74, 6) is -1.47. The van der Waals surface area contributed by atoms with Crippen molar-refractivity contribution in [1.82, 2.24) is 20.5 Å². The van der Waals surface area contributed by atoms with Gasteiger partial charge in [-0.2, -0.15) is 5.10 Å².